The second kappa shape index (κ2) is 16.4. The number of hydrogen-bond donors (Lipinski definition) is 2. The number of nitrogens with one attached hydrogen (secondary N) is 2. The van der Waals surface area contributed by atoms with E-state index >= 15 is 0 Å². The highest BCUT2D eigenvalue weighted by atomic mass is 16.5. The lowest BCUT2D eigenvalue weighted by Gasteiger charge is -2.33. The van der Waals surface area contributed by atoms with Crippen LogP contribution < -0.4 is 9.47 Å². The number of amides is 8. The Hall–Kier alpha value is -9.06. The lowest BCUT2D eigenvalue weighted by Crippen LogP contribution is -2.56. The highest BCUT2D eigenvalue weighted by Gasteiger charge is 2.50. The van der Waals surface area contributed by atoms with Crippen molar-refractivity contribution in [1.29, 1.82) is 0 Å². The molecule has 18 heteroatoms. The van der Waals surface area contributed by atoms with E-state index in [9.17, 15) is 47.9 Å². The van der Waals surface area contributed by atoms with Gasteiger partial charge in [0.25, 0.3) is 0 Å². The molecule has 4 heterocycles. The fourth-order valence-electron chi connectivity index (χ4n) is 9.03. The molecule has 2 saturated heterocycles. The number of aromatic amines is 2. The standard InChI is InChI=1S/2C25H19N3O6/c2*1-27-23(31)18(24(32)28(2)25(27)33)16-17-20(22(30)15-10-5-4-9-14(15)21(17)29)26-19(16)12-7-6-8-13(11-12)34-3/h2*4-11,18,26H,1-3H3. The number of ether oxygens (including phenoxy) is 2. The SMILES string of the molecule is COc1cccc(-c2[nH]c3c(c2C2C(=O)N(C)C(=O)N(C)C2=O)C(=O)c2ccccc2C3=O)c1.COc1cccc(-c2[nH]c3c(c2C2C(=O)N(C)C(=O)N(C)C2=O)C(=O)c2ccccc2C3=O)c1. The Balaban J connectivity index is 0.000000170. The molecule has 0 bridgehead atoms. The molecule has 340 valence electrons. The van der Waals surface area contributed by atoms with E-state index in [-0.39, 0.29) is 67.3 Å². The van der Waals surface area contributed by atoms with Crippen LogP contribution in [0.3, 0.4) is 0 Å². The Morgan fingerprint density at radius 1 is 0.397 bits per heavy atom. The van der Waals surface area contributed by atoms with E-state index in [0.717, 1.165) is 19.6 Å². The summed E-state index contributed by atoms with van der Waals surface area (Å²) in [4.78, 5) is 141. The predicted octanol–water partition coefficient (Wildman–Crippen LogP) is 5.20. The van der Waals surface area contributed by atoms with Crippen molar-refractivity contribution in [3.63, 3.8) is 0 Å². The van der Waals surface area contributed by atoms with E-state index < -0.39 is 70.7 Å². The summed E-state index contributed by atoms with van der Waals surface area (Å²) in [6.45, 7) is 0. The lowest BCUT2D eigenvalue weighted by atomic mass is 9.81. The molecular formula is C50H38N6O12. The van der Waals surface area contributed by atoms with Gasteiger partial charge in [0.2, 0.25) is 35.2 Å². The van der Waals surface area contributed by atoms with Gasteiger partial charge in [0, 0.05) is 72.7 Å². The third kappa shape index (κ3) is 6.55. The van der Waals surface area contributed by atoms with E-state index in [4.69, 9.17) is 9.47 Å². The van der Waals surface area contributed by atoms with Crippen LogP contribution in [0.5, 0.6) is 11.5 Å². The third-order valence-corrected chi connectivity index (χ3v) is 12.6. The van der Waals surface area contributed by atoms with Crippen molar-refractivity contribution in [1.82, 2.24) is 29.6 Å². The minimum atomic E-state index is -1.49. The molecule has 0 unspecified atom stereocenters. The van der Waals surface area contributed by atoms with Gasteiger partial charge in [-0.15, -0.1) is 0 Å². The van der Waals surface area contributed by atoms with Gasteiger partial charge in [-0.1, -0.05) is 72.8 Å². The molecule has 10 rings (SSSR count). The normalized spacial score (nSPS) is 16.1. The van der Waals surface area contributed by atoms with Gasteiger partial charge >= 0.3 is 12.1 Å². The van der Waals surface area contributed by atoms with Gasteiger partial charge in [0.05, 0.1) is 48.1 Å². The van der Waals surface area contributed by atoms with Crippen molar-refractivity contribution >= 4 is 58.8 Å². The summed E-state index contributed by atoms with van der Waals surface area (Å²) >= 11 is 0. The van der Waals surface area contributed by atoms with Gasteiger partial charge in [-0.25, -0.2) is 9.59 Å². The third-order valence-electron chi connectivity index (χ3n) is 12.6. The summed E-state index contributed by atoms with van der Waals surface area (Å²) in [5, 5.41) is 0. The van der Waals surface area contributed by atoms with Crippen LogP contribution in [-0.2, 0) is 19.2 Å². The zero-order chi connectivity index (χ0) is 48.6. The van der Waals surface area contributed by atoms with Crippen molar-refractivity contribution < 1.29 is 57.4 Å². The number of benzene rings is 4. The molecular weight excluding hydrogens is 877 g/mol. The second-order valence-electron chi connectivity index (χ2n) is 16.2. The smallest absolute Gasteiger partial charge is 0.332 e. The molecule has 2 aliphatic heterocycles. The van der Waals surface area contributed by atoms with Crippen molar-refractivity contribution in [2.45, 2.75) is 11.8 Å². The summed E-state index contributed by atoms with van der Waals surface area (Å²) in [5.74, 6) is -6.89. The molecule has 18 nitrogen and oxygen atoms in total. The first-order valence-corrected chi connectivity index (χ1v) is 20.9. The number of carbonyl (C=O) groups is 10. The molecule has 2 aromatic heterocycles. The molecule has 4 aliphatic rings. The maximum absolute atomic E-state index is 13.6. The fourth-order valence-corrected chi connectivity index (χ4v) is 9.03. The maximum Gasteiger partial charge on any atom is 0.332 e. The number of imide groups is 4. The highest BCUT2D eigenvalue weighted by molar-refractivity contribution is 6.32. The molecule has 0 saturated carbocycles. The number of urea groups is 2. The Bertz CT molecular complexity index is 3040. The number of methoxy groups -OCH3 is 2. The summed E-state index contributed by atoms with van der Waals surface area (Å²) in [6, 6.07) is 24.8. The van der Waals surface area contributed by atoms with Gasteiger partial charge < -0.3 is 19.4 Å². The van der Waals surface area contributed by atoms with Crippen LogP contribution in [0.1, 0.15) is 86.9 Å². The van der Waals surface area contributed by atoms with E-state index in [1.165, 1.54) is 54.5 Å². The van der Waals surface area contributed by atoms with E-state index in [0.29, 0.717) is 22.6 Å². The van der Waals surface area contributed by atoms with E-state index in [1.54, 1.807) is 84.9 Å². The van der Waals surface area contributed by atoms with Crippen LogP contribution in [0.25, 0.3) is 22.5 Å². The number of rotatable bonds is 6. The molecule has 2 fully saturated rings. The van der Waals surface area contributed by atoms with Crippen LogP contribution in [0.4, 0.5) is 9.59 Å². The number of fused-ring (bicyclic) bond motifs is 4. The topological polar surface area (TPSA) is 234 Å². The number of H-pyrrole nitrogens is 2. The number of ketones is 4. The quantitative estimate of drug-likeness (QED) is 0.205. The second-order valence-corrected chi connectivity index (χ2v) is 16.2. The van der Waals surface area contributed by atoms with Crippen molar-refractivity contribution in [2.75, 3.05) is 42.4 Å². The molecule has 0 spiro atoms. The highest BCUT2D eigenvalue weighted by Crippen LogP contribution is 2.44. The molecule has 8 amide bonds. The number of aromatic nitrogens is 2. The van der Waals surface area contributed by atoms with Crippen molar-refractivity contribution in [2.24, 2.45) is 0 Å². The van der Waals surface area contributed by atoms with Gasteiger partial charge in [-0.3, -0.25) is 58.0 Å². The largest absolute Gasteiger partial charge is 0.497 e. The Kier molecular flexibility index (Phi) is 10.7. The number of likely N-dealkylation sites (N-methyl/N-ethyl adjacent to an activating group) is 4. The van der Waals surface area contributed by atoms with Crippen molar-refractivity contribution in [3.8, 4) is 34.0 Å². The Morgan fingerprint density at radius 3 is 1.01 bits per heavy atom. The minimum Gasteiger partial charge on any atom is -0.497 e. The van der Waals surface area contributed by atoms with Gasteiger partial charge in [0.1, 0.15) is 23.3 Å². The Labute approximate surface area is 386 Å². The fraction of sp³-hybridized carbons (Fsp3) is 0.160. The lowest BCUT2D eigenvalue weighted by molar-refractivity contribution is -0.145. The Morgan fingerprint density at radius 2 is 0.706 bits per heavy atom. The van der Waals surface area contributed by atoms with Crippen LogP contribution in [0.15, 0.2) is 97.1 Å². The molecule has 68 heavy (non-hydrogen) atoms. The number of carbonyl (C=O) groups excluding carboxylic acids is 10. The van der Waals surface area contributed by atoms with E-state index in [1.807, 2.05) is 0 Å². The van der Waals surface area contributed by atoms with Crippen LogP contribution >= 0.6 is 0 Å². The molecule has 6 aromatic rings. The monoisotopic (exact) mass is 914 g/mol. The summed E-state index contributed by atoms with van der Waals surface area (Å²) in [6.07, 6.45) is 0. The average molecular weight is 915 g/mol. The van der Waals surface area contributed by atoms with E-state index in [2.05, 4.69) is 9.97 Å². The minimum absolute atomic E-state index is 0.000624. The number of nitrogens with zero attached hydrogens (tertiary/aromatic N) is 4. The molecule has 4 aromatic carbocycles. The van der Waals surface area contributed by atoms with Gasteiger partial charge in [-0.2, -0.15) is 0 Å². The number of barbiturate groups is 2. The molecule has 2 aliphatic carbocycles. The predicted molar refractivity (Wildman–Crippen MR) is 240 cm³/mol. The first-order valence-electron chi connectivity index (χ1n) is 20.9. The molecule has 0 atom stereocenters. The molecule has 0 radical (unpaired) electrons. The average Bonchev–Trinajstić information content (AvgIpc) is 3.96. The maximum atomic E-state index is 13.6. The summed E-state index contributed by atoms with van der Waals surface area (Å²) in [5.41, 5.74) is 2.44. The van der Waals surface area contributed by atoms with Crippen LogP contribution in [0, 0.1) is 0 Å². The first kappa shape index (κ1) is 44.2. The van der Waals surface area contributed by atoms with Crippen molar-refractivity contribution in [3.05, 3.63) is 153 Å². The van der Waals surface area contributed by atoms with Crippen LogP contribution in [0.2, 0.25) is 0 Å². The number of hydrogen-bond acceptors (Lipinski definition) is 12. The first-order chi connectivity index (χ1) is 32.5. The summed E-state index contributed by atoms with van der Waals surface area (Å²) in [7, 11) is 8.07. The molecule has 2 N–H and O–H groups in total. The van der Waals surface area contributed by atoms with Gasteiger partial charge in [0.15, 0.2) is 11.6 Å². The zero-order valence-electron chi connectivity index (χ0n) is 37.1. The zero-order valence-corrected chi connectivity index (χ0v) is 37.1. The summed E-state index contributed by atoms with van der Waals surface area (Å²) < 4.78 is 10.6. The van der Waals surface area contributed by atoms with Crippen LogP contribution in [-0.4, -0.2) is 131 Å². The van der Waals surface area contributed by atoms with Gasteiger partial charge in [-0.05, 0) is 24.3 Å².